The molecule has 1 amide bonds. The summed E-state index contributed by atoms with van der Waals surface area (Å²) in [6.45, 7) is 0.777. The molecule has 2 rings (SSSR count). The molecule has 2 unspecified atom stereocenters. The van der Waals surface area contributed by atoms with Crippen molar-refractivity contribution in [1.29, 1.82) is 0 Å². The van der Waals surface area contributed by atoms with Crippen molar-refractivity contribution in [2.75, 3.05) is 13.6 Å². The van der Waals surface area contributed by atoms with Gasteiger partial charge >= 0.3 is 0 Å². The van der Waals surface area contributed by atoms with E-state index >= 15 is 0 Å². The van der Waals surface area contributed by atoms with Crippen LogP contribution in [0.1, 0.15) is 38.5 Å². The van der Waals surface area contributed by atoms with Crippen molar-refractivity contribution in [3.63, 3.8) is 0 Å². The summed E-state index contributed by atoms with van der Waals surface area (Å²) in [4.78, 5) is 14.1. The molecule has 2 aliphatic rings. The van der Waals surface area contributed by atoms with E-state index < -0.39 is 0 Å². The van der Waals surface area contributed by atoms with E-state index in [0.29, 0.717) is 5.92 Å². The molecule has 0 aromatic rings. The van der Waals surface area contributed by atoms with Crippen LogP contribution in [0.3, 0.4) is 0 Å². The molecule has 0 saturated heterocycles. The molecule has 0 radical (unpaired) electrons. The summed E-state index contributed by atoms with van der Waals surface area (Å²) < 4.78 is 0. The second kappa shape index (κ2) is 5.36. The van der Waals surface area contributed by atoms with Crippen LogP contribution in [0.2, 0.25) is 0 Å². The Balaban J connectivity index is 1.81. The second-order valence-corrected chi connectivity index (χ2v) is 5.76. The molecule has 3 N–H and O–H groups in total. The summed E-state index contributed by atoms with van der Waals surface area (Å²) in [6, 6.07) is 0.0469. The Kier molecular flexibility index (Phi) is 4.05. The lowest BCUT2D eigenvalue weighted by molar-refractivity contribution is -0.137. The second-order valence-electron chi connectivity index (χ2n) is 5.76. The third-order valence-corrected chi connectivity index (χ3v) is 4.26. The number of nitrogens with zero attached hydrogens (tertiary/aromatic N) is 1. The van der Waals surface area contributed by atoms with Crippen molar-refractivity contribution in [2.24, 2.45) is 17.6 Å². The predicted molar refractivity (Wildman–Crippen MR) is 66.3 cm³/mol. The van der Waals surface area contributed by atoms with Gasteiger partial charge in [0.1, 0.15) is 0 Å². The lowest BCUT2D eigenvalue weighted by Gasteiger charge is -2.37. The lowest BCUT2D eigenvalue weighted by Crippen LogP contribution is -2.47. The first-order valence-electron chi connectivity index (χ1n) is 6.76. The number of rotatable bonds is 3. The predicted octanol–water partition coefficient (Wildman–Crippen LogP) is 0.733. The molecule has 0 aromatic heterocycles. The molecule has 2 fully saturated rings. The molecular weight excluding hydrogens is 216 g/mol. The van der Waals surface area contributed by atoms with Crippen molar-refractivity contribution in [1.82, 2.24) is 4.90 Å². The standard InChI is InChI=1S/C13H24N2O2/c1-15(8-9-6-10(16)7-9)13(17)11-4-2-3-5-12(11)14/h9-12,16H,2-8,14H2,1H3. The average molecular weight is 240 g/mol. The number of hydrogen-bond acceptors (Lipinski definition) is 3. The fraction of sp³-hybridized carbons (Fsp3) is 0.923. The number of carbonyl (C=O) groups excluding carboxylic acids is 1. The molecule has 2 saturated carbocycles. The molecule has 17 heavy (non-hydrogen) atoms. The van der Waals surface area contributed by atoms with Crippen molar-refractivity contribution in [2.45, 2.75) is 50.7 Å². The summed E-state index contributed by atoms with van der Waals surface area (Å²) in [5, 5.41) is 9.24. The van der Waals surface area contributed by atoms with Crippen LogP contribution in [0.5, 0.6) is 0 Å². The number of aliphatic hydroxyl groups is 1. The Morgan fingerprint density at radius 1 is 1.35 bits per heavy atom. The third kappa shape index (κ3) is 2.99. The van der Waals surface area contributed by atoms with Crippen LogP contribution in [0.15, 0.2) is 0 Å². The van der Waals surface area contributed by atoms with Gasteiger partial charge in [0.2, 0.25) is 5.91 Å². The highest BCUT2D eigenvalue weighted by molar-refractivity contribution is 5.79. The third-order valence-electron chi connectivity index (χ3n) is 4.26. The summed E-state index contributed by atoms with van der Waals surface area (Å²) in [7, 11) is 1.87. The molecule has 0 aliphatic heterocycles. The van der Waals surface area contributed by atoms with E-state index in [-0.39, 0.29) is 24.0 Å². The Labute approximate surface area is 103 Å². The van der Waals surface area contributed by atoms with Crippen molar-refractivity contribution in [3.05, 3.63) is 0 Å². The highest BCUT2D eigenvalue weighted by Crippen LogP contribution is 2.29. The monoisotopic (exact) mass is 240 g/mol. The first-order valence-corrected chi connectivity index (χ1v) is 6.76. The van der Waals surface area contributed by atoms with Gasteiger partial charge in [-0.1, -0.05) is 12.8 Å². The number of hydrogen-bond donors (Lipinski definition) is 2. The maximum atomic E-state index is 12.2. The minimum Gasteiger partial charge on any atom is -0.393 e. The highest BCUT2D eigenvalue weighted by atomic mass is 16.3. The smallest absolute Gasteiger partial charge is 0.226 e. The van der Waals surface area contributed by atoms with Gasteiger partial charge in [-0.3, -0.25) is 4.79 Å². The molecule has 4 nitrogen and oxygen atoms in total. The largest absolute Gasteiger partial charge is 0.393 e. The molecule has 0 aromatic carbocycles. The maximum Gasteiger partial charge on any atom is 0.226 e. The minimum atomic E-state index is -0.138. The Hall–Kier alpha value is -0.610. The van der Waals surface area contributed by atoms with Gasteiger partial charge in [-0.15, -0.1) is 0 Å². The molecule has 0 spiro atoms. The van der Waals surface area contributed by atoms with Crippen molar-refractivity contribution in [3.8, 4) is 0 Å². The average Bonchev–Trinajstić information content (AvgIpc) is 2.26. The van der Waals surface area contributed by atoms with Gasteiger partial charge in [0.15, 0.2) is 0 Å². The van der Waals surface area contributed by atoms with E-state index in [1.54, 1.807) is 0 Å². The molecule has 4 heteroatoms. The van der Waals surface area contributed by atoms with Crippen LogP contribution >= 0.6 is 0 Å². The fourth-order valence-electron chi connectivity index (χ4n) is 3.08. The van der Waals surface area contributed by atoms with Crippen LogP contribution < -0.4 is 5.73 Å². The van der Waals surface area contributed by atoms with Gasteiger partial charge in [0.25, 0.3) is 0 Å². The minimum absolute atomic E-state index is 0.0266. The SMILES string of the molecule is CN(CC1CC(O)C1)C(=O)C1CCCCC1N. The molecule has 98 valence electrons. The number of carbonyl (C=O) groups is 1. The molecule has 0 bridgehead atoms. The van der Waals surface area contributed by atoms with Crippen LogP contribution in [0.25, 0.3) is 0 Å². The quantitative estimate of drug-likeness (QED) is 0.764. The molecule has 2 atom stereocenters. The number of amides is 1. The van der Waals surface area contributed by atoms with E-state index in [9.17, 15) is 9.90 Å². The van der Waals surface area contributed by atoms with E-state index in [4.69, 9.17) is 5.73 Å². The fourth-order valence-corrected chi connectivity index (χ4v) is 3.08. The zero-order valence-electron chi connectivity index (χ0n) is 10.6. The first-order chi connectivity index (χ1) is 8.08. The Morgan fingerprint density at radius 3 is 2.59 bits per heavy atom. The van der Waals surface area contributed by atoms with Gasteiger partial charge in [-0.25, -0.2) is 0 Å². The van der Waals surface area contributed by atoms with E-state index in [2.05, 4.69) is 0 Å². The van der Waals surface area contributed by atoms with Crippen molar-refractivity contribution < 1.29 is 9.90 Å². The molecule has 2 aliphatic carbocycles. The van der Waals surface area contributed by atoms with Crippen LogP contribution in [0.4, 0.5) is 0 Å². The van der Waals surface area contributed by atoms with Crippen LogP contribution in [-0.2, 0) is 4.79 Å². The Bertz CT molecular complexity index is 277. The van der Waals surface area contributed by atoms with Gasteiger partial charge in [0.05, 0.1) is 12.0 Å². The van der Waals surface area contributed by atoms with Crippen molar-refractivity contribution >= 4 is 5.91 Å². The van der Waals surface area contributed by atoms with Gasteiger partial charge in [0, 0.05) is 19.6 Å². The normalized spacial score (nSPS) is 37.4. The molecular formula is C13H24N2O2. The summed E-state index contributed by atoms with van der Waals surface area (Å²) in [6.07, 6.45) is 5.75. The van der Waals surface area contributed by atoms with Crippen LogP contribution in [0, 0.1) is 11.8 Å². The van der Waals surface area contributed by atoms with Crippen LogP contribution in [-0.4, -0.2) is 41.7 Å². The maximum absolute atomic E-state index is 12.2. The summed E-state index contributed by atoms with van der Waals surface area (Å²) >= 11 is 0. The topological polar surface area (TPSA) is 66.6 Å². The zero-order chi connectivity index (χ0) is 12.4. The van der Waals surface area contributed by atoms with E-state index in [0.717, 1.165) is 45.1 Å². The van der Waals surface area contributed by atoms with E-state index in [1.807, 2.05) is 11.9 Å². The number of nitrogens with two attached hydrogens (primary N) is 1. The Morgan fingerprint density at radius 2 is 2.00 bits per heavy atom. The lowest BCUT2D eigenvalue weighted by atomic mass is 9.81. The van der Waals surface area contributed by atoms with Gasteiger partial charge in [-0.2, -0.15) is 0 Å². The summed E-state index contributed by atoms with van der Waals surface area (Å²) in [5.74, 6) is 0.719. The first kappa shape index (κ1) is 12.8. The molecule has 0 heterocycles. The van der Waals surface area contributed by atoms with Gasteiger partial charge < -0.3 is 15.7 Å². The van der Waals surface area contributed by atoms with E-state index in [1.165, 1.54) is 0 Å². The number of aliphatic hydroxyl groups excluding tert-OH is 1. The highest BCUT2D eigenvalue weighted by Gasteiger charge is 2.33. The summed E-state index contributed by atoms with van der Waals surface area (Å²) in [5.41, 5.74) is 6.03. The zero-order valence-corrected chi connectivity index (χ0v) is 10.6. The van der Waals surface area contributed by atoms with Gasteiger partial charge in [-0.05, 0) is 31.6 Å².